The lowest BCUT2D eigenvalue weighted by molar-refractivity contribution is -0.117. The molecule has 1 N–H and O–H groups in total. The van der Waals surface area contributed by atoms with Gasteiger partial charge in [0.1, 0.15) is 5.82 Å². The Kier molecular flexibility index (Phi) is 4.95. The molecule has 0 aromatic heterocycles. The van der Waals surface area contributed by atoms with Gasteiger partial charge in [-0.05, 0) is 31.2 Å². The van der Waals surface area contributed by atoms with Crippen LogP contribution in [0.4, 0.5) is 10.1 Å². The maximum Gasteiger partial charge on any atom is 0.238 e. The minimum atomic E-state index is -2.97. The molecule has 1 saturated heterocycles. The molecule has 0 spiro atoms. The molecule has 1 atom stereocenters. The molecule has 7 heteroatoms. The summed E-state index contributed by atoms with van der Waals surface area (Å²) >= 11 is 0. The Morgan fingerprint density at radius 1 is 1.48 bits per heavy atom. The number of benzene rings is 1. The molecule has 116 valence electrons. The Morgan fingerprint density at radius 3 is 2.81 bits per heavy atom. The number of halogens is 1. The summed E-state index contributed by atoms with van der Waals surface area (Å²) in [4.78, 5) is 13.8. The largest absolute Gasteiger partial charge is 0.325 e. The van der Waals surface area contributed by atoms with E-state index < -0.39 is 15.7 Å². The van der Waals surface area contributed by atoms with E-state index in [9.17, 15) is 17.6 Å². The summed E-state index contributed by atoms with van der Waals surface area (Å²) in [6.07, 6.45) is 0.559. The number of hydrogen-bond acceptors (Lipinski definition) is 4. The van der Waals surface area contributed by atoms with E-state index in [1.54, 1.807) is 6.07 Å². The molecule has 1 aliphatic rings. The van der Waals surface area contributed by atoms with E-state index in [1.165, 1.54) is 18.2 Å². The van der Waals surface area contributed by atoms with E-state index in [2.05, 4.69) is 5.32 Å². The molecule has 1 unspecified atom stereocenters. The molecule has 1 heterocycles. The van der Waals surface area contributed by atoms with Crippen molar-refractivity contribution in [3.05, 3.63) is 30.1 Å². The van der Waals surface area contributed by atoms with E-state index >= 15 is 0 Å². The first-order chi connectivity index (χ1) is 9.89. The smallest absolute Gasteiger partial charge is 0.238 e. The topological polar surface area (TPSA) is 66.5 Å². The summed E-state index contributed by atoms with van der Waals surface area (Å²) < 4.78 is 36.1. The highest BCUT2D eigenvalue weighted by Gasteiger charge is 2.32. The number of anilines is 1. The fraction of sp³-hybridized carbons (Fsp3) is 0.500. The van der Waals surface area contributed by atoms with Crippen molar-refractivity contribution < 1.29 is 17.6 Å². The van der Waals surface area contributed by atoms with Crippen LogP contribution in [0.3, 0.4) is 0 Å². The summed E-state index contributed by atoms with van der Waals surface area (Å²) in [6, 6.07) is 5.56. The molecule has 1 amide bonds. The molecule has 1 fully saturated rings. The Labute approximate surface area is 124 Å². The average Bonchev–Trinajstić information content (AvgIpc) is 2.76. The van der Waals surface area contributed by atoms with Gasteiger partial charge in [-0.2, -0.15) is 0 Å². The first-order valence-corrected chi connectivity index (χ1v) is 8.71. The highest BCUT2D eigenvalue weighted by atomic mass is 32.2. The second kappa shape index (κ2) is 6.53. The average molecular weight is 314 g/mol. The fourth-order valence-corrected chi connectivity index (χ4v) is 4.28. The zero-order valence-electron chi connectivity index (χ0n) is 11.9. The Balaban J connectivity index is 1.94. The van der Waals surface area contributed by atoms with Crippen LogP contribution in [0.15, 0.2) is 24.3 Å². The molecule has 1 aromatic carbocycles. The third-order valence-electron chi connectivity index (χ3n) is 3.59. The Bertz CT molecular complexity index is 618. The summed E-state index contributed by atoms with van der Waals surface area (Å²) in [5.41, 5.74) is 0.398. The predicted molar refractivity (Wildman–Crippen MR) is 79.3 cm³/mol. The lowest BCUT2D eigenvalue weighted by Gasteiger charge is -2.25. The number of nitrogens with one attached hydrogen (secondary N) is 1. The molecule has 21 heavy (non-hydrogen) atoms. The summed E-state index contributed by atoms with van der Waals surface area (Å²) in [5, 5.41) is 2.62. The zero-order chi connectivity index (χ0) is 15.5. The highest BCUT2D eigenvalue weighted by molar-refractivity contribution is 7.91. The number of nitrogens with zero attached hydrogens (tertiary/aromatic N) is 1. The number of rotatable bonds is 5. The van der Waals surface area contributed by atoms with Gasteiger partial charge in [-0.1, -0.05) is 13.0 Å². The van der Waals surface area contributed by atoms with Gasteiger partial charge in [0.15, 0.2) is 9.84 Å². The summed E-state index contributed by atoms with van der Waals surface area (Å²) in [6.45, 7) is 2.59. The molecule has 0 radical (unpaired) electrons. The standard InChI is InChI=1S/C14H19FN2O3S/c1-2-17(13-6-7-21(19,20)10-13)9-14(18)16-12-5-3-4-11(15)8-12/h3-5,8,13H,2,6-7,9-10H2,1H3,(H,16,18). The van der Waals surface area contributed by atoms with Gasteiger partial charge in [0.2, 0.25) is 5.91 Å². The van der Waals surface area contributed by atoms with Crippen LogP contribution in [0, 0.1) is 5.82 Å². The fourth-order valence-electron chi connectivity index (χ4n) is 2.51. The normalized spacial score (nSPS) is 20.6. The van der Waals surface area contributed by atoms with Gasteiger partial charge in [0.05, 0.1) is 18.1 Å². The van der Waals surface area contributed by atoms with E-state index in [1.807, 2.05) is 11.8 Å². The van der Waals surface area contributed by atoms with Crippen LogP contribution in [0.25, 0.3) is 0 Å². The number of carbonyl (C=O) groups excluding carboxylic acids is 1. The Hall–Kier alpha value is -1.47. The van der Waals surface area contributed by atoms with Crippen molar-refractivity contribution in [1.82, 2.24) is 4.90 Å². The van der Waals surface area contributed by atoms with Crippen LogP contribution >= 0.6 is 0 Å². The van der Waals surface area contributed by atoms with Crippen molar-refractivity contribution in [2.45, 2.75) is 19.4 Å². The maximum absolute atomic E-state index is 13.0. The molecule has 5 nitrogen and oxygen atoms in total. The zero-order valence-corrected chi connectivity index (χ0v) is 12.7. The molecule has 0 bridgehead atoms. The van der Waals surface area contributed by atoms with Crippen molar-refractivity contribution in [3.63, 3.8) is 0 Å². The van der Waals surface area contributed by atoms with Gasteiger partial charge in [-0.15, -0.1) is 0 Å². The van der Waals surface area contributed by atoms with Crippen LogP contribution in [0.1, 0.15) is 13.3 Å². The van der Waals surface area contributed by atoms with Crippen molar-refractivity contribution in [2.24, 2.45) is 0 Å². The van der Waals surface area contributed by atoms with Gasteiger partial charge in [0, 0.05) is 11.7 Å². The number of sulfone groups is 1. The van der Waals surface area contributed by atoms with Crippen molar-refractivity contribution in [2.75, 3.05) is 29.9 Å². The van der Waals surface area contributed by atoms with E-state index in [0.29, 0.717) is 18.7 Å². The molecular weight excluding hydrogens is 295 g/mol. The van der Waals surface area contributed by atoms with Crippen LogP contribution in [0.2, 0.25) is 0 Å². The number of hydrogen-bond donors (Lipinski definition) is 1. The van der Waals surface area contributed by atoms with Gasteiger partial charge in [-0.25, -0.2) is 12.8 Å². The lowest BCUT2D eigenvalue weighted by atomic mass is 10.2. The second-order valence-corrected chi connectivity index (χ2v) is 7.41. The second-order valence-electron chi connectivity index (χ2n) is 5.18. The third-order valence-corrected chi connectivity index (χ3v) is 5.34. The van der Waals surface area contributed by atoms with Crippen molar-refractivity contribution in [1.29, 1.82) is 0 Å². The summed E-state index contributed by atoms with van der Waals surface area (Å²) in [7, 11) is -2.97. The molecule has 0 aliphatic carbocycles. The quantitative estimate of drug-likeness (QED) is 0.889. The van der Waals surface area contributed by atoms with Gasteiger partial charge < -0.3 is 5.32 Å². The summed E-state index contributed by atoms with van der Waals surface area (Å²) in [5.74, 6) is -0.401. The minimum Gasteiger partial charge on any atom is -0.325 e. The third kappa shape index (κ3) is 4.50. The van der Waals surface area contributed by atoms with Gasteiger partial charge in [-0.3, -0.25) is 9.69 Å². The van der Waals surface area contributed by atoms with E-state index in [0.717, 1.165) is 0 Å². The van der Waals surface area contributed by atoms with Crippen molar-refractivity contribution >= 4 is 21.4 Å². The first-order valence-electron chi connectivity index (χ1n) is 6.89. The van der Waals surface area contributed by atoms with E-state index in [-0.39, 0.29) is 30.0 Å². The molecular formula is C14H19FN2O3S. The lowest BCUT2D eigenvalue weighted by Crippen LogP contribution is -2.41. The molecule has 0 saturated carbocycles. The SMILES string of the molecule is CCN(CC(=O)Nc1cccc(F)c1)C1CCS(=O)(=O)C1. The minimum absolute atomic E-state index is 0.104. The highest BCUT2D eigenvalue weighted by Crippen LogP contribution is 2.17. The number of amides is 1. The van der Waals surface area contributed by atoms with Crippen molar-refractivity contribution in [3.8, 4) is 0 Å². The van der Waals surface area contributed by atoms with Gasteiger partial charge >= 0.3 is 0 Å². The monoisotopic (exact) mass is 314 g/mol. The number of likely N-dealkylation sites (N-methyl/N-ethyl adjacent to an activating group) is 1. The van der Waals surface area contributed by atoms with E-state index in [4.69, 9.17) is 0 Å². The number of carbonyl (C=O) groups is 1. The van der Waals surface area contributed by atoms with Crippen LogP contribution in [0.5, 0.6) is 0 Å². The predicted octanol–water partition coefficient (Wildman–Crippen LogP) is 1.27. The van der Waals surface area contributed by atoms with Crippen LogP contribution in [-0.4, -0.2) is 49.9 Å². The first kappa shape index (κ1) is 15.9. The maximum atomic E-state index is 13.0. The molecule has 1 aromatic rings. The molecule has 1 aliphatic heterocycles. The molecule has 2 rings (SSSR count). The van der Waals surface area contributed by atoms with Crippen LogP contribution < -0.4 is 5.32 Å². The Morgan fingerprint density at radius 2 is 2.24 bits per heavy atom. The van der Waals surface area contributed by atoms with Crippen LogP contribution in [-0.2, 0) is 14.6 Å². The van der Waals surface area contributed by atoms with Gasteiger partial charge in [0.25, 0.3) is 0 Å².